The molecule has 4 aliphatic rings. The molecule has 12 heteroatoms. The molecule has 1 unspecified atom stereocenters. The largest absolute Gasteiger partial charge is 0.490 e. The summed E-state index contributed by atoms with van der Waals surface area (Å²) in [6, 6.07) is 16.4. The van der Waals surface area contributed by atoms with E-state index >= 15 is 0 Å². The lowest BCUT2D eigenvalue weighted by atomic mass is 9.68. The van der Waals surface area contributed by atoms with E-state index in [-0.39, 0.29) is 35.2 Å². The van der Waals surface area contributed by atoms with E-state index in [4.69, 9.17) is 21.1 Å². The van der Waals surface area contributed by atoms with Gasteiger partial charge in [-0.05, 0) is 116 Å². The smallest absolute Gasteiger partial charge is 0.327 e. The molecule has 0 saturated heterocycles. The number of urea groups is 1. The number of hydrogen-bond donors (Lipinski definition) is 2. The number of carbonyl (C=O) groups is 2. The van der Waals surface area contributed by atoms with Crippen LogP contribution in [0.1, 0.15) is 65.6 Å². The van der Waals surface area contributed by atoms with E-state index in [9.17, 15) is 18.2 Å². The van der Waals surface area contributed by atoms with Crippen molar-refractivity contribution in [3.05, 3.63) is 106 Å². The first-order chi connectivity index (χ1) is 24.6. The molecule has 1 fully saturated rings. The maximum Gasteiger partial charge on any atom is 0.327 e. The number of methoxy groups -OCH3 is 1. The molecule has 0 radical (unpaired) electrons. The Morgan fingerprint density at radius 1 is 1.14 bits per heavy atom. The molecule has 5 atom stereocenters. The Labute approximate surface area is 304 Å². The Morgan fingerprint density at radius 3 is 2.76 bits per heavy atom. The van der Waals surface area contributed by atoms with Gasteiger partial charge in [-0.2, -0.15) is 0 Å². The van der Waals surface area contributed by atoms with E-state index in [0.717, 1.165) is 49.4 Å². The standard InChI is InChI=1S/C39H44ClFN4O5S/c1-49-35-7-3-2-4-19-51(48,44-38(47)42-22-26-8-13-31(41)14-9-26)43-37(46)28-11-17-36-34(21-28)45(23-29-10-15-32(29)35)24-39(25-50-36)18-5-6-27-20-30(40)12-16-33(27)39/h3,7-9,11-14,16-17,20-21,29,32,35H,2,4-6,10,15,18-19,22-25H2,1H3,(H2,42,43,44,46,47,48)/b7-3-/t29-,32+,35-,39-,51?/m0/s1. The van der Waals surface area contributed by atoms with Crippen LogP contribution >= 0.6 is 11.6 Å². The summed E-state index contributed by atoms with van der Waals surface area (Å²) in [6.07, 6.45) is 10.1. The van der Waals surface area contributed by atoms with Crippen molar-refractivity contribution < 1.29 is 27.7 Å². The van der Waals surface area contributed by atoms with E-state index in [1.807, 2.05) is 18.2 Å². The van der Waals surface area contributed by atoms with Crippen molar-refractivity contribution in [2.75, 3.05) is 37.5 Å². The fourth-order valence-corrected chi connectivity index (χ4v) is 9.81. The quantitative estimate of drug-likeness (QED) is 0.271. The number of ether oxygens (including phenoxy) is 2. The lowest BCUT2D eigenvalue weighted by molar-refractivity contribution is 0.0132. The molecule has 0 aromatic heterocycles. The number of carbonyl (C=O) groups excluding carboxylic acids is 2. The van der Waals surface area contributed by atoms with Crippen molar-refractivity contribution in [2.24, 2.45) is 16.2 Å². The maximum atomic E-state index is 14.2. The van der Waals surface area contributed by atoms with Crippen molar-refractivity contribution in [2.45, 2.75) is 63.0 Å². The molecule has 2 N–H and O–H groups in total. The third kappa shape index (κ3) is 7.80. The number of nitrogens with one attached hydrogen (secondary N) is 2. The fourth-order valence-electron chi connectivity index (χ4n) is 8.08. The summed E-state index contributed by atoms with van der Waals surface area (Å²) in [4.78, 5) is 29.2. The van der Waals surface area contributed by atoms with Gasteiger partial charge in [-0.25, -0.2) is 13.4 Å². The first-order valence-electron chi connectivity index (χ1n) is 17.7. The van der Waals surface area contributed by atoms with Crippen molar-refractivity contribution in [1.82, 2.24) is 10.0 Å². The van der Waals surface area contributed by atoms with E-state index in [0.29, 0.717) is 49.1 Å². The number of amides is 3. The van der Waals surface area contributed by atoms with Crippen LogP contribution in [0, 0.1) is 17.7 Å². The third-order valence-corrected chi connectivity index (χ3v) is 12.9. The molecule has 3 aromatic rings. The van der Waals surface area contributed by atoms with Crippen LogP contribution in [0.15, 0.2) is 77.2 Å². The summed E-state index contributed by atoms with van der Waals surface area (Å²) < 4.78 is 46.8. The number of halogens is 2. The van der Waals surface area contributed by atoms with Crippen LogP contribution in [0.25, 0.3) is 0 Å². The molecule has 1 spiro atoms. The zero-order chi connectivity index (χ0) is 35.6. The van der Waals surface area contributed by atoms with E-state index in [1.165, 1.54) is 23.3 Å². The number of hydrogen-bond acceptors (Lipinski definition) is 6. The number of anilines is 1. The predicted molar refractivity (Wildman–Crippen MR) is 197 cm³/mol. The molecular formula is C39H44ClFN4O5S. The summed E-state index contributed by atoms with van der Waals surface area (Å²) in [7, 11) is -1.78. The highest BCUT2D eigenvalue weighted by molar-refractivity contribution is 7.92. The van der Waals surface area contributed by atoms with Gasteiger partial charge in [-0.15, -0.1) is 4.36 Å². The van der Waals surface area contributed by atoms with Crippen LogP contribution in [0.2, 0.25) is 5.02 Å². The van der Waals surface area contributed by atoms with Gasteiger partial charge in [-0.1, -0.05) is 42.0 Å². The Kier molecular flexibility index (Phi) is 10.4. The third-order valence-electron chi connectivity index (χ3n) is 10.9. The Morgan fingerprint density at radius 2 is 1.98 bits per heavy atom. The molecule has 1 saturated carbocycles. The summed E-state index contributed by atoms with van der Waals surface area (Å²) in [5, 5.41) is 3.38. The normalized spacial score (nSPS) is 28.2. The van der Waals surface area contributed by atoms with Crippen LogP contribution < -0.4 is 19.7 Å². The van der Waals surface area contributed by atoms with Gasteiger partial charge in [0.1, 0.15) is 21.5 Å². The number of fused-ring (bicyclic) bond motifs is 4. The van der Waals surface area contributed by atoms with Crippen molar-refractivity contribution in [3.8, 4) is 5.75 Å². The van der Waals surface area contributed by atoms with Crippen LogP contribution in [0.4, 0.5) is 14.9 Å². The maximum absolute atomic E-state index is 14.2. The fraction of sp³-hybridized carbons (Fsp3) is 0.436. The molecule has 3 aromatic carbocycles. The van der Waals surface area contributed by atoms with Gasteiger partial charge in [0.25, 0.3) is 5.91 Å². The lowest BCUT2D eigenvalue weighted by Gasteiger charge is -2.46. The summed E-state index contributed by atoms with van der Waals surface area (Å²) in [6.45, 7) is 2.04. The number of nitrogens with zero attached hydrogens (tertiary/aromatic N) is 2. The van der Waals surface area contributed by atoms with Crippen molar-refractivity contribution in [3.63, 3.8) is 0 Å². The topological polar surface area (TPSA) is 109 Å². The minimum Gasteiger partial charge on any atom is -0.490 e. The van der Waals surface area contributed by atoms with Crippen LogP contribution in [-0.2, 0) is 33.0 Å². The molecule has 9 nitrogen and oxygen atoms in total. The number of aryl methyl sites for hydroxylation is 1. The van der Waals surface area contributed by atoms with Gasteiger partial charge < -0.3 is 19.7 Å². The summed E-state index contributed by atoms with van der Waals surface area (Å²) in [5.41, 5.74) is 3.97. The lowest BCUT2D eigenvalue weighted by Crippen LogP contribution is -2.49. The van der Waals surface area contributed by atoms with Crippen LogP contribution in [-0.4, -0.2) is 54.8 Å². The second kappa shape index (κ2) is 15.0. The van der Waals surface area contributed by atoms with Crippen molar-refractivity contribution in [1.29, 1.82) is 0 Å². The number of benzene rings is 3. The van der Waals surface area contributed by atoms with Gasteiger partial charge in [0, 0.05) is 42.7 Å². The van der Waals surface area contributed by atoms with Crippen LogP contribution in [0.3, 0.4) is 0 Å². The highest BCUT2D eigenvalue weighted by Gasteiger charge is 2.44. The van der Waals surface area contributed by atoms with E-state index in [1.54, 1.807) is 31.4 Å². The van der Waals surface area contributed by atoms with Gasteiger partial charge in [0.2, 0.25) is 0 Å². The highest BCUT2D eigenvalue weighted by atomic mass is 35.5. The first kappa shape index (κ1) is 35.5. The van der Waals surface area contributed by atoms with Gasteiger partial charge >= 0.3 is 6.03 Å². The molecule has 51 heavy (non-hydrogen) atoms. The number of allylic oxidation sites excluding steroid dienone is 1. The van der Waals surface area contributed by atoms with E-state index < -0.39 is 21.9 Å². The van der Waals surface area contributed by atoms with Gasteiger partial charge in [0.15, 0.2) is 0 Å². The molecule has 2 aliphatic heterocycles. The highest BCUT2D eigenvalue weighted by Crippen LogP contribution is 2.47. The molecule has 2 bridgehead atoms. The molecular weight excluding hydrogens is 691 g/mol. The zero-order valence-electron chi connectivity index (χ0n) is 28.7. The first-order valence-corrected chi connectivity index (χ1v) is 19.8. The van der Waals surface area contributed by atoms with Crippen LogP contribution in [0.5, 0.6) is 5.75 Å². The molecule has 2 heterocycles. The number of rotatable bonds is 4. The Bertz CT molecular complexity index is 1950. The van der Waals surface area contributed by atoms with E-state index in [2.05, 4.69) is 37.5 Å². The zero-order valence-corrected chi connectivity index (χ0v) is 30.3. The second-order valence-electron chi connectivity index (χ2n) is 14.2. The molecule has 2 aliphatic carbocycles. The summed E-state index contributed by atoms with van der Waals surface area (Å²) in [5.74, 6) is 0.304. The SMILES string of the molecule is CO[C@H]1/C=C\CCCS(=O)(NC(=O)NCc2ccc(F)cc2)=NC(=O)c2ccc3c(c2)N(C[C@@H]2CC[C@H]21)C[C@@]1(CCCc2cc(Cl)ccc21)CO3. The monoisotopic (exact) mass is 734 g/mol. The van der Waals surface area contributed by atoms with Gasteiger partial charge in [0.05, 0.1) is 24.2 Å². The average Bonchev–Trinajstić information content (AvgIpc) is 3.25. The molecule has 270 valence electrons. The van der Waals surface area contributed by atoms with Gasteiger partial charge in [-0.3, -0.25) is 9.52 Å². The Hall–Kier alpha value is -3.93. The predicted octanol–water partition coefficient (Wildman–Crippen LogP) is 7.37. The minimum absolute atomic E-state index is 0.0249. The molecule has 7 rings (SSSR count). The second-order valence-corrected chi connectivity index (χ2v) is 16.7. The summed E-state index contributed by atoms with van der Waals surface area (Å²) >= 11 is 6.44. The molecule has 3 amide bonds. The van der Waals surface area contributed by atoms with Crippen molar-refractivity contribution >= 4 is 39.1 Å². The average molecular weight is 735 g/mol. The Balaban J connectivity index is 1.23. The minimum atomic E-state index is -3.52.